The van der Waals surface area contributed by atoms with Gasteiger partial charge in [-0.3, -0.25) is 0 Å². The van der Waals surface area contributed by atoms with E-state index in [2.05, 4.69) is 52.5 Å². The normalized spacial score (nSPS) is 9.53. The van der Waals surface area contributed by atoms with E-state index in [1.165, 1.54) is 11.1 Å². The average molecular weight is 409 g/mol. The van der Waals surface area contributed by atoms with Gasteiger partial charge in [0.25, 0.3) is 0 Å². The summed E-state index contributed by atoms with van der Waals surface area (Å²) in [7, 11) is 0. The third kappa shape index (κ3) is 14.1. The Morgan fingerprint density at radius 3 is 2.07 bits per heavy atom. The van der Waals surface area contributed by atoms with E-state index in [1.807, 2.05) is 51.1 Å². The first-order valence-electron chi connectivity index (χ1n) is 10.2. The molecule has 0 saturated heterocycles. The van der Waals surface area contributed by atoms with Crippen molar-refractivity contribution in [1.82, 2.24) is 0 Å². The molecule has 164 valence electrons. The van der Waals surface area contributed by atoms with Crippen LogP contribution in [-0.4, -0.2) is 13.2 Å². The van der Waals surface area contributed by atoms with Gasteiger partial charge in [-0.25, -0.2) is 0 Å². The summed E-state index contributed by atoms with van der Waals surface area (Å²) in [5.74, 6) is 1.59. The van der Waals surface area contributed by atoms with E-state index >= 15 is 0 Å². The Morgan fingerprint density at radius 2 is 1.57 bits per heavy atom. The molecular formula is C28H40O2. The monoisotopic (exact) mass is 408 g/mol. The van der Waals surface area contributed by atoms with Gasteiger partial charge in [-0.15, -0.1) is 13.2 Å². The molecule has 0 aromatic heterocycles. The molecule has 0 unspecified atom stereocenters. The summed E-state index contributed by atoms with van der Waals surface area (Å²) in [5.41, 5.74) is 4.41. The molecule has 0 aliphatic carbocycles. The molecule has 2 heteroatoms. The summed E-state index contributed by atoms with van der Waals surface area (Å²) < 4.78 is 10.9. The lowest BCUT2D eigenvalue weighted by Crippen LogP contribution is -1.97. The zero-order chi connectivity index (χ0) is 23.4. The van der Waals surface area contributed by atoms with Crippen molar-refractivity contribution in [3.8, 4) is 5.75 Å². The quantitative estimate of drug-likeness (QED) is 0.198. The largest absolute Gasteiger partial charge is 0.490 e. The van der Waals surface area contributed by atoms with E-state index in [0.29, 0.717) is 19.0 Å². The van der Waals surface area contributed by atoms with E-state index in [1.54, 1.807) is 12.2 Å². The fourth-order valence-corrected chi connectivity index (χ4v) is 2.27. The smallest absolute Gasteiger partial charge is 0.123 e. The minimum atomic E-state index is 0.476. The van der Waals surface area contributed by atoms with Crippen molar-refractivity contribution < 1.29 is 9.47 Å². The highest BCUT2D eigenvalue weighted by atomic mass is 16.5. The summed E-state index contributed by atoms with van der Waals surface area (Å²) in [6.07, 6.45) is 10.7. The minimum Gasteiger partial charge on any atom is -0.490 e. The third-order valence-electron chi connectivity index (χ3n) is 3.46. The summed E-state index contributed by atoms with van der Waals surface area (Å²) in [4.78, 5) is 0. The molecule has 0 aliphatic heterocycles. The van der Waals surface area contributed by atoms with Crippen molar-refractivity contribution in [1.29, 1.82) is 0 Å². The molecule has 0 N–H and O–H groups in total. The second-order valence-corrected chi connectivity index (χ2v) is 6.24. The molecule has 1 aromatic rings. The van der Waals surface area contributed by atoms with Crippen molar-refractivity contribution in [2.24, 2.45) is 0 Å². The van der Waals surface area contributed by atoms with Crippen LogP contribution in [0.4, 0.5) is 0 Å². The Bertz CT molecular complexity index is 720. The number of rotatable bonds is 12. The fourth-order valence-electron chi connectivity index (χ4n) is 2.27. The molecule has 0 amide bonds. The van der Waals surface area contributed by atoms with Crippen LogP contribution in [0.2, 0.25) is 0 Å². The first-order chi connectivity index (χ1) is 14.4. The van der Waals surface area contributed by atoms with Crippen molar-refractivity contribution in [2.45, 2.75) is 40.5 Å². The molecule has 1 aromatic carbocycles. The van der Waals surface area contributed by atoms with Crippen LogP contribution in [0.25, 0.3) is 0 Å². The number of aryl methyl sites for hydroxylation is 1. The molecule has 0 saturated carbocycles. The van der Waals surface area contributed by atoms with Crippen LogP contribution in [0.15, 0.2) is 105 Å². The molecule has 1 rings (SSSR count). The summed E-state index contributed by atoms with van der Waals surface area (Å²) in [6.45, 7) is 31.3. The molecule has 0 aliphatic rings. The van der Waals surface area contributed by atoms with Gasteiger partial charge in [-0.1, -0.05) is 93.8 Å². The van der Waals surface area contributed by atoms with Gasteiger partial charge in [0, 0.05) is 0 Å². The summed E-state index contributed by atoms with van der Waals surface area (Å²) in [6, 6.07) is 6.17. The van der Waals surface area contributed by atoms with Crippen LogP contribution >= 0.6 is 0 Å². The molecule has 0 heterocycles. The maximum absolute atomic E-state index is 5.53. The minimum absolute atomic E-state index is 0.476. The SMILES string of the molecule is C=CCOC(=C)/C(=C\C(=C)C)CC=C.C=CCOc1ccc(C)cc1CC=C.CC. The van der Waals surface area contributed by atoms with Crippen LogP contribution in [0.3, 0.4) is 0 Å². The lowest BCUT2D eigenvalue weighted by molar-refractivity contribution is 0.257. The van der Waals surface area contributed by atoms with E-state index in [0.717, 1.165) is 29.7 Å². The van der Waals surface area contributed by atoms with Gasteiger partial charge in [0.2, 0.25) is 0 Å². The molecule has 0 fully saturated rings. The standard InChI is InChI=1S/C13H16O.C13H18O.C2H6/c1-4-6-12-10-11(3)7-8-13(12)14-9-5-2;1-6-8-13(10-11(3)4)12(5)14-9-7-2;1-2/h4-5,7-8,10H,1-2,6,9H2,3H3;6-7,10H,1-3,5,8-9H2,4H3;1-2H3/b;13-10-;. The predicted octanol–water partition coefficient (Wildman–Crippen LogP) is 8.10. The van der Waals surface area contributed by atoms with Crippen molar-refractivity contribution in [2.75, 3.05) is 13.2 Å². The number of benzene rings is 1. The highest BCUT2D eigenvalue weighted by Gasteiger charge is 2.02. The lowest BCUT2D eigenvalue weighted by atomic mass is 10.1. The van der Waals surface area contributed by atoms with Gasteiger partial charge in [-0.05, 0) is 43.9 Å². The lowest BCUT2D eigenvalue weighted by Gasteiger charge is -2.09. The maximum Gasteiger partial charge on any atom is 0.123 e. The van der Waals surface area contributed by atoms with E-state index in [4.69, 9.17) is 9.47 Å². The average Bonchev–Trinajstić information content (AvgIpc) is 2.73. The second-order valence-electron chi connectivity index (χ2n) is 6.24. The second kappa shape index (κ2) is 19.3. The fraction of sp³-hybridized carbons (Fsp3) is 0.286. The van der Waals surface area contributed by atoms with Gasteiger partial charge in [-0.2, -0.15) is 0 Å². The highest BCUT2D eigenvalue weighted by Crippen LogP contribution is 2.21. The van der Waals surface area contributed by atoms with Gasteiger partial charge in [0.1, 0.15) is 24.7 Å². The molecule has 0 radical (unpaired) electrons. The zero-order valence-electron chi connectivity index (χ0n) is 19.5. The molecular weight excluding hydrogens is 368 g/mol. The van der Waals surface area contributed by atoms with Crippen LogP contribution in [0.1, 0.15) is 38.3 Å². The van der Waals surface area contributed by atoms with E-state index < -0.39 is 0 Å². The van der Waals surface area contributed by atoms with Crippen LogP contribution in [0.5, 0.6) is 5.75 Å². The van der Waals surface area contributed by atoms with Crippen LogP contribution in [0, 0.1) is 6.92 Å². The number of hydrogen-bond donors (Lipinski definition) is 0. The van der Waals surface area contributed by atoms with Crippen molar-refractivity contribution in [3.05, 3.63) is 116 Å². The number of allylic oxidation sites excluding steroid dienone is 5. The first kappa shape index (κ1) is 29.2. The maximum atomic E-state index is 5.53. The Kier molecular flexibility index (Phi) is 18.8. The van der Waals surface area contributed by atoms with Crippen LogP contribution in [-0.2, 0) is 11.2 Å². The zero-order valence-corrected chi connectivity index (χ0v) is 19.5. The molecule has 0 bridgehead atoms. The predicted molar refractivity (Wildman–Crippen MR) is 135 cm³/mol. The van der Waals surface area contributed by atoms with Gasteiger partial charge in [0.05, 0.1) is 0 Å². The summed E-state index contributed by atoms with van der Waals surface area (Å²) >= 11 is 0. The molecule has 30 heavy (non-hydrogen) atoms. The number of ether oxygens (including phenoxy) is 2. The third-order valence-corrected chi connectivity index (χ3v) is 3.46. The van der Waals surface area contributed by atoms with Crippen LogP contribution < -0.4 is 4.74 Å². The first-order valence-corrected chi connectivity index (χ1v) is 10.2. The Balaban J connectivity index is 0. The Morgan fingerprint density at radius 1 is 0.933 bits per heavy atom. The van der Waals surface area contributed by atoms with Gasteiger partial charge < -0.3 is 9.47 Å². The molecule has 0 atom stereocenters. The van der Waals surface area contributed by atoms with Gasteiger partial charge in [0.15, 0.2) is 0 Å². The summed E-state index contributed by atoms with van der Waals surface area (Å²) in [5, 5.41) is 0. The van der Waals surface area contributed by atoms with Crippen molar-refractivity contribution in [3.63, 3.8) is 0 Å². The molecule has 2 nitrogen and oxygen atoms in total. The topological polar surface area (TPSA) is 18.5 Å². The van der Waals surface area contributed by atoms with Gasteiger partial charge >= 0.3 is 0 Å². The van der Waals surface area contributed by atoms with Crippen molar-refractivity contribution >= 4 is 0 Å². The van der Waals surface area contributed by atoms with E-state index in [9.17, 15) is 0 Å². The Labute approximate surface area is 185 Å². The Hall–Kier alpha value is -3.00. The van der Waals surface area contributed by atoms with E-state index in [-0.39, 0.29) is 0 Å². The molecule has 0 spiro atoms. The number of hydrogen-bond acceptors (Lipinski definition) is 2. The highest BCUT2D eigenvalue weighted by molar-refractivity contribution is 5.38.